The van der Waals surface area contributed by atoms with Gasteiger partial charge in [0, 0.05) is 22.1 Å². The van der Waals surface area contributed by atoms with Crippen molar-refractivity contribution >= 4 is 21.9 Å². The van der Waals surface area contributed by atoms with Crippen LogP contribution < -0.4 is 0 Å². The molecule has 0 aliphatic heterocycles. The molecular formula is C28H40O2. The van der Waals surface area contributed by atoms with Gasteiger partial charge in [0.15, 0.2) is 0 Å². The van der Waals surface area contributed by atoms with Gasteiger partial charge in [-0.3, -0.25) is 0 Å². The lowest BCUT2D eigenvalue weighted by Gasteiger charge is -2.26. The fraction of sp³-hybridized carbons (Fsp3) is 0.571. The molecule has 30 heavy (non-hydrogen) atoms. The van der Waals surface area contributed by atoms with Crippen molar-refractivity contribution in [2.45, 2.75) is 105 Å². The second kappa shape index (κ2) is 6.52. The Kier molecular flexibility index (Phi) is 4.94. The molecule has 1 heterocycles. The van der Waals surface area contributed by atoms with Crippen LogP contribution in [0.3, 0.4) is 0 Å². The number of hydrogen-bond acceptors (Lipinski definition) is 2. The zero-order chi connectivity index (χ0) is 23.0. The molecule has 164 valence electrons. The standard InChI is InChI=1S/C28H40O2/c1-25(2,3)16-13-17-21-22(29)18(26(4,5)6)15-20(28(10,11)12)24(21)30-23(17)19(14-16)27(7,8)9/h13-15,29H,1-12H3. The van der Waals surface area contributed by atoms with E-state index in [-0.39, 0.29) is 21.7 Å². The molecule has 0 fully saturated rings. The first-order valence-corrected chi connectivity index (χ1v) is 11.1. The van der Waals surface area contributed by atoms with Crippen LogP contribution in [0, 0.1) is 0 Å². The van der Waals surface area contributed by atoms with Gasteiger partial charge in [0.2, 0.25) is 0 Å². The van der Waals surface area contributed by atoms with Crippen LogP contribution in [0.1, 0.15) is 105 Å². The molecule has 2 aromatic carbocycles. The van der Waals surface area contributed by atoms with Crippen molar-refractivity contribution in [1.82, 2.24) is 0 Å². The molecule has 0 spiro atoms. The van der Waals surface area contributed by atoms with Crippen molar-refractivity contribution in [1.29, 1.82) is 0 Å². The molecule has 0 amide bonds. The molecule has 0 saturated carbocycles. The second-order valence-electron chi connectivity index (χ2n) is 13.0. The van der Waals surface area contributed by atoms with Crippen molar-refractivity contribution in [2.75, 3.05) is 0 Å². The number of furan rings is 1. The van der Waals surface area contributed by atoms with E-state index in [4.69, 9.17) is 4.42 Å². The molecule has 1 N–H and O–H groups in total. The third-order valence-electron chi connectivity index (χ3n) is 6.10. The molecule has 2 nitrogen and oxygen atoms in total. The fourth-order valence-corrected chi connectivity index (χ4v) is 4.16. The van der Waals surface area contributed by atoms with Gasteiger partial charge in [-0.05, 0) is 39.4 Å². The summed E-state index contributed by atoms with van der Waals surface area (Å²) in [5, 5.41) is 13.4. The lowest BCUT2D eigenvalue weighted by Crippen LogP contribution is -2.17. The van der Waals surface area contributed by atoms with Crippen molar-refractivity contribution in [3.05, 3.63) is 40.5 Å². The average Bonchev–Trinajstić information content (AvgIpc) is 2.89. The minimum atomic E-state index is -0.170. The summed E-state index contributed by atoms with van der Waals surface area (Å²) in [4.78, 5) is 0. The van der Waals surface area contributed by atoms with E-state index in [0.717, 1.165) is 33.1 Å². The smallest absolute Gasteiger partial charge is 0.142 e. The van der Waals surface area contributed by atoms with E-state index in [1.165, 1.54) is 11.1 Å². The topological polar surface area (TPSA) is 33.4 Å². The van der Waals surface area contributed by atoms with E-state index < -0.39 is 0 Å². The highest BCUT2D eigenvalue weighted by Gasteiger charge is 2.32. The lowest BCUT2D eigenvalue weighted by atomic mass is 9.77. The Morgan fingerprint density at radius 1 is 0.567 bits per heavy atom. The van der Waals surface area contributed by atoms with Crippen molar-refractivity contribution in [3.63, 3.8) is 0 Å². The average molecular weight is 409 g/mol. The highest BCUT2D eigenvalue weighted by atomic mass is 16.3. The molecule has 3 rings (SSSR count). The fourth-order valence-electron chi connectivity index (χ4n) is 4.16. The molecule has 0 unspecified atom stereocenters. The summed E-state index contributed by atoms with van der Waals surface area (Å²) >= 11 is 0. The Morgan fingerprint density at radius 2 is 1.03 bits per heavy atom. The van der Waals surface area contributed by atoms with Crippen LogP contribution in [0.25, 0.3) is 21.9 Å². The second-order valence-corrected chi connectivity index (χ2v) is 13.0. The maximum absolute atomic E-state index is 11.5. The maximum atomic E-state index is 11.5. The Labute approximate surface area is 182 Å². The molecule has 1 aromatic heterocycles. The number of benzene rings is 2. The zero-order valence-electron chi connectivity index (χ0n) is 21.1. The molecule has 0 bridgehead atoms. The highest BCUT2D eigenvalue weighted by molar-refractivity contribution is 6.11. The van der Waals surface area contributed by atoms with E-state index >= 15 is 0 Å². The lowest BCUT2D eigenvalue weighted by molar-refractivity contribution is 0.450. The van der Waals surface area contributed by atoms with Crippen LogP contribution >= 0.6 is 0 Å². The van der Waals surface area contributed by atoms with Crippen molar-refractivity contribution in [3.8, 4) is 5.75 Å². The molecule has 0 saturated heterocycles. The minimum Gasteiger partial charge on any atom is -0.507 e. The summed E-state index contributed by atoms with van der Waals surface area (Å²) in [6.07, 6.45) is 0. The maximum Gasteiger partial charge on any atom is 0.142 e. The SMILES string of the molecule is CC(C)(C)c1cc(C(C)(C)C)c2oc3c(C(C)(C)C)cc(C(C)(C)C)c(O)c3c2c1. The molecule has 0 atom stereocenters. The van der Waals surface area contributed by atoms with E-state index in [0.29, 0.717) is 5.75 Å². The third-order valence-corrected chi connectivity index (χ3v) is 6.10. The normalized spacial score (nSPS) is 14.1. The number of phenols is 1. The number of rotatable bonds is 0. The van der Waals surface area contributed by atoms with Crippen molar-refractivity contribution < 1.29 is 9.52 Å². The van der Waals surface area contributed by atoms with Gasteiger partial charge in [-0.15, -0.1) is 0 Å². The van der Waals surface area contributed by atoms with E-state index in [1.54, 1.807) is 0 Å². The number of aromatic hydroxyl groups is 1. The molecule has 0 aliphatic rings. The summed E-state index contributed by atoms with van der Waals surface area (Å²) in [6.45, 7) is 26.5. The summed E-state index contributed by atoms with van der Waals surface area (Å²) < 4.78 is 6.62. The monoisotopic (exact) mass is 408 g/mol. The van der Waals surface area contributed by atoms with Gasteiger partial charge < -0.3 is 9.52 Å². The molecule has 0 aliphatic carbocycles. The van der Waals surface area contributed by atoms with Crippen molar-refractivity contribution in [2.24, 2.45) is 0 Å². The Morgan fingerprint density at radius 3 is 1.47 bits per heavy atom. The summed E-state index contributed by atoms with van der Waals surface area (Å²) in [6, 6.07) is 6.68. The van der Waals surface area contributed by atoms with E-state index in [9.17, 15) is 5.11 Å². The first kappa shape index (κ1) is 22.7. The van der Waals surface area contributed by atoms with E-state index in [1.807, 2.05) is 0 Å². The minimum absolute atomic E-state index is 0.00188. The number of fused-ring (bicyclic) bond motifs is 3. The van der Waals surface area contributed by atoms with Crippen LogP contribution in [-0.4, -0.2) is 5.11 Å². The number of phenolic OH excluding ortho intramolecular Hbond substituents is 1. The third kappa shape index (κ3) is 3.74. The molecule has 3 aromatic rings. The van der Waals surface area contributed by atoms with Crippen LogP contribution in [0.15, 0.2) is 22.6 Å². The Bertz CT molecular complexity index is 1110. The first-order chi connectivity index (χ1) is 13.3. The van der Waals surface area contributed by atoms with Crippen LogP contribution in [0.4, 0.5) is 0 Å². The van der Waals surface area contributed by atoms with E-state index in [2.05, 4.69) is 101 Å². The largest absolute Gasteiger partial charge is 0.507 e. The Balaban J connectivity index is 2.66. The first-order valence-electron chi connectivity index (χ1n) is 11.1. The van der Waals surface area contributed by atoms with Gasteiger partial charge in [-0.1, -0.05) is 89.2 Å². The van der Waals surface area contributed by atoms with Gasteiger partial charge in [0.05, 0.1) is 5.39 Å². The summed E-state index contributed by atoms with van der Waals surface area (Å²) in [7, 11) is 0. The molecule has 0 radical (unpaired) electrons. The highest BCUT2D eigenvalue weighted by Crippen LogP contribution is 2.48. The molecular weight excluding hydrogens is 368 g/mol. The van der Waals surface area contributed by atoms with Gasteiger partial charge in [0.1, 0.15) is 16.9 Å². The predicted octanol–water partition coefficient (Wildman–Crippen LogP) is 8.48. The van der Waals surface area contributed by atoms with Gasteiger partial charge >= 0.3 is 0 Å². The van der Waals surface area contributed by atoms with Crippen LogP contribution in [0.2, 0.25) is 0 Å². The summed E-state index contributed by atoms with van der Waals surface area (Å²) in [5.74, 6) is 0.357. The quantitative estimate of drug-likeness (QED) is 0.404. The van der Waals surface area contributed by atoms with Gasteiger partial charge in [0.25, 0.3) is 0 Å². The summed E-state index contributed by atoms with van der Waals surface area (Å²) in [5.41, 5.74) is 5.95. The predicted molar refractivity (Wildman–Crippen MR) is 130 cm³/mol. The Hall–Kier alpha value is -1.96. The van der Waals surface area contributed by atoms with Gasteiger partial charge in [-0.25, -0.2) is 0 Å². The number of hydrogen-bond donors (Lipinski definition) is 1. The van der Waals surface area contributed by atoms with Crippen LogP contribution in [-0.2, 0) is 21.7 Å². The van der Waals surface area contributed by atoms with Crippen LogP contribution in [0.5, 0.6) is 5.75 Å². The zero-order valence-corrected chi connectivity index (χ0v) is 21.1. The molecule has 2 heteroatoms. The van der Waals surface area contributed by atoms with Gasteiger partial charge in [-0.2, -0.15) is 0 Å².